The smallest absolute Gasteiger partial charge is 0.269 e. The molecule has 1 aromatic rings. The number of nitrogens with zero attached hydrogens (tertiary/aromatic N) is 1. The maximum Gasteiger partial charge on any atom is 0.269 e. The molecule has 0 spiro atoms. The molecule has 0 radical (unpaired) electrons. The molecule has 1 aromatic carbocycles. The van der Waals surface area contributed by atoms with Crippen LogP contribution in [-0.4, -0.2) is 10.0 Å². The Labute approximate surface area is 88.0 Å². The number of rotatable bonds is 4. The zero-order valence-electron chi connectivity index (χ0n) is 8.46. The quantitative estimate of drug-likeness (QED) is 0.468. The fourth-order valence-corrected chi connectivity index (χ4v) is 1.23. The van der Waals surface area contributed by atoms with Gasteiger partial charge in [0.05, 0.1) is 11.0 Å². The van der Waals surface area contributed by atoms with Gasteiger partial charge in [-0.3, -0.25) is 10.1 Å². The molecule has 0 aliphatic heterocycles. The molecule has 0 aliphatic carbocycles. The normalized spacial score (nSPS) is 14.3. The predicted octanol–water partition coefficient (Wildman–Crippen LogP) is 2.45. The summed E-state index contributed by atoms with van der Waals surface area (Å²) in [5, 5.41) is 20.2. The van der Waals surface area contributed by atoms with E-state index in [9.17, 15) is 15.2 Å². The van der Waals surface area contributed by atoms with E-state index in [0.717, 1.165) is 0 Å². The lowest BCUT2D eigenvalue weighted by molar-refractivity contribution is -0.384. The van der Waals surface area contributed by atoms with Gasteiger partial charge in [0.25, 0.3) is 5.69 Å². The third kappa shape index (κ3) is 2.63. The molecule has 1 rings (SSSR count). The van der Waals surface area contributed by atoms with Crippen LogP contribution in [0.15, 0.2) is 36.9 Å². The zero-order chi connectivity index (χ0) is 11.4. The maximum atomic E-state index is 10.4. The predicted molar refractivity (Wildman–Crippen MR) is 57.4 cm³/mol. The second-order valence-corrected chi connectivity index (χ2v) is 3.39. The highest BCUT2D eigenvalue weighted by molar-refractivity contribution is 5.34. The summed E-state index contributed by atoms with van der Waals surface area (Å²) < 4.78 is 0. The van der Waals surface area contributed by atoms with Gasteiger partial charge in [-0.05, 0) is 17.7 Å². The highest BCUT2D eigenvalue weighted by atomic mass is 16.6. The van der Waals surface area contributed by atoms with Crippen molar-refractivity contribution in [1.82, 2.24) is 0 Å². The van der Waals surface area contributed by atoms with Gasteiger partial charge in [0.1, 0.15) is 0 Å². The molecule has 4 heteroatoms. The molecule has 0 saturated heterocycles. The van der Waals surface area contributed by atoms with Crippen molar-refractivity contribution in [2.75, 3.05) is 0 Å². The van der Waals surface area contributed by atoms with Crippen molar-refractivity contribution >= 4 is 5.69 Å². The Bertz CT molecular complexity index is 359. The highest BCUT2D eigenvalue weighted by Crippen LogP contribution is 2.24. The van der Waals surface area contributed by atoms with Crippen molar-refractivity contribution in [2.24, 2.45) is 5.92 Å². The minimum Gasteiger partial charge on any atom is -0.388 e. The van der Waals surface area contributed by atoms with E-state index >= 15 is 0 Å². The van der Waals surface area contributed by atoms with Crippen molar-refractivity contribution < 1.29 is 10.0 Å². The molecule has 0 fully saturated rings. The number of hydrogen-bond acceptors (Lipinski definition) is 3. The molecule has 0 saturated carbocycles. The average molecular weight is 207 g/mol. The Morgan fingerprint density at radius 1 is 1.47 bits per heavy atom. The van der Waals surface area contributed by atoms with Crippen molar-refractivity contribution in [3.8, 4) is 0 Å². The van der Waals surface area contributed by atoms with Crippen LogP contribution >= 0.6 is 0 Å². The summed E-state index contributed by atoms with van der Waals surface area (Å²) in [6.45, 7) is 5.42. The molecular weight excluding hydrogens is 194 g/mol. The lowest BCUT2D eigenvalue weighted by atomic mass is 9.97. The molecular formula is C11H13NO3. The zero-order valence-corrected chi connectivity index (χ0v) is 8.46. The molecule has 0 bridgehead atoms. The molecule has 0 aliphatic rings. The van der Waals surface area contributed by atoms with Gasteiger partial charge in [0.2, 0.25) is 0 Å². The molecule has 4 nitrogen and oxygen atoms in total. The van der Waals surface area contributed by atoms with Gasteiger partial charge in [0, 0.05) is 18.1 Å². The second kappa shape index (κ2) is 4.70. The minimum atomic E-state index is -0.664. The number of non-ortho nitro benzene ring substituents is 1. The first-order valence-corrected chi connectivity index (χ1v) is 4.61. The molecule has 2 atom stereocenters. The van der Waals surface area contributed by atoms with Gasteiger partial charge in [-0.25, -0.2) is 0 Å². The molecule has 80 valence electrons. The fraction of sp³-hybridized carbons (Fsp3) is 0.273. The summed E-state index contributed by atoms with van der Waals surface area (Å²) in [7, 11) is 0. The Morgan fingerprint density at radius 2 is 2.00 bits per heavy atom. The first kappa shape index (κ1) is 11.4. The van der Waals surface area contributed by atoms with Crippen molar-refractivity contribution in [3.05, 3.63) is 52.6 Å². The van der Waals surface area contributed by atoms with Crippen LogP contribution in [0, 0.1) is 16.0 Å². The van der Waals surface area contributed by atoms with E-state index < -0.39 is 11.0 Å². The van der Waals surface area contributed by atoms with Crippen LogP contribution in [0.3, 0.4) is 0 Å². The van der Waals surface area contributed by atoms with Crippen LogP contribution < -0.4 is 0 Å². The molecule has 0 aromatic heterocycles. The lowest BCUT2D eigenvalue weighted by Gasteiger charge is -2.14. The van der Waals surface area contributed by atoms with Crippen molar-refractivity contribution in [2.45, 2.75) is 13.0 Å². The van der Waals surface area contributed by atoms with Gasteiger partial charge in [0.15, 0.2) is 0 Å². The third-order valence-corrected chi connectivity index (χ3v) is 2.32. The van der Waals surface area contributed by atoms with E-state index in [2.05, 4.69) is 6.58 Å². The maximum absolute atomic E-state index is 10.4. The van der Waals surface area contributed by atoms with E-state index in [1.807, 2.05) is 6.92 Å². The van der Waals surface area contributed by atoms with Crippen LogP contribution in [-0.2, 0) is 0 Å². The molecule has 0 amide bonds. The first-order valence-electron chi connectivity index (χ1n) is 4.61. The van der Waals surface area contributed by atoms with Gasteiger partial charge in [-0.1, -0.05) is 13.0 Å². The molecule has 1 N–H and O–H groups in total. The Balaban J connectivity index is 2.88. The van der Waals surface area contributed by atoms with Crippen LogP contribution in [0.4, 0.5) is 5.69 Å². The van der Waals surface area contributed by atoms with Crippen LogP contribution in [0.5, 0.6) is 0 Å². The summed E-state index contributed by atoms with van der Waals surface area (Å²) in [6.07, 6.45) is 0.981. The number of aliphatic hydroxyl groups is 1. The Morgan fingerprint density at radius 3 is 2.40 bits per heavy atom. The Hall–Kier alpha value is -1.68. The van der Waals surface area contributed by atoms with Gasteiger partial charge in [-0.2, -0.15) is 0 Å². The number of hydrogen-bond donors (Lipinski definition) is 1. The summed E-state index contributed by atoms with van der Waals surface area (Å²) in [4.78, 5) is 9.93. The summed E-state index contributed by atoms with van der Waals surface area (Å²) in [5.41, 5.74) is 0.685. The standard InChI is InChI=1S/C11H13NO3/c1-3-8(2)11(13)9-4-6-10(7-5-9)12(14)15/h3-8,11,13H,1H2,2H3/t8-,11-/m1/s1. The largest absolute Gasteiger partial charge is 0.388 e. The van der Waals surface area contributed by atoms with Crippen LogP contribution in [0.25, 0.3) is 0 Å². The lowest BCUT2D eigenvalue weighted by Crippen LogP contribution is -2.06. The summed E-state index contributed by atoms with van der Waals surface area (Å²) >= 11 is 0. The summed E-state index contributed by atoms with van der Waals surface area (Å²) in [5.74, 6) is -0.0774. The number of nitro groups is 1. The van der Waals surface area contributed by atoms with E-state index in [1.165, 1.54) is 12.1 Å². The van der Waals surface area contributed by atoms with Crippen molar-refractivity contribution in [3.63, 3.8) is 0 Å². The minimum absolute atomic E-state index is 0.0252. The van der Waals surface area contributed by atoms with Gasteiger partial charge >= 0.3 is 0 Å². The van der Waals surface area contributed by atoms with Crippen molar-refractivity contribution in [1.29, 1.82) is 0 Å². The van der Waals surface area contributed by atoms with E-state index in [4.69, 9.17) is 0 Å². The topological polar surface area (TPSA) is 63.4 Å². The van der Waals surface area contributed by atoms with Gasteiger partial charge in [-0.15, -0.1) is 6.58 Å². The number of benzene rings is 1. The second-order valence-electron chi connectivity index (χ2n) is 3.39. The van der Waals surface area contributed by atoms with E-state index in [0.29, 0.717) is 5.56 Å². The van der Waals surface area contributed by atoms with Crippen LogP contribution in [0.1, 0.15) is 18.6 Å². The third-order valence-electron chi connectivity index (χ3n) is 2.32. The summed E-state index contributed by atoms with van der Waals surface area (Å²) in [6, 6.07) is 5.88. The highest BCUT2D eigenvalue weighted by Gasteiger charge is 2.14. The number of nitro benzene ring substituents is 1. The van der Waals surface area contributed by atoms with E-state index in [1.54, 1.807) is 18.2 Å². The Kier molecular flexibility index (Phi) is 3.57. The molecule has 15 heavy (non-hydrogen) atoms. The fourth-order valence-electron chi connectivity index (χ4n) is 1.23. The number of aliphatic hydroxyl groups excluding tert-OH is 1. The van der Waals surface area contributed by atoms with Gasteiger partial charge < -0.3 is 5.11 Å². The molecule has 0 heterocycles. The molecule has 0 unspecified atom stereocenters. The average Bonchev–Trinajstić information content (AvgIpc) is 2.27. The van der Waals surface area contributed by atoms with Crippen LogP contribution in [0.2, 0.25) is 0 Å². The first-order chi connectivity index (χ1) is 7.06. The van der Waals surface area contributed by atoms with E-state index in [-0.39, 0.29) is 11.6 Å². The monoisotopic (exact) mass is 207 g/mol. The SMILES string of the molecule is C=C[C@@H](C)[C@@H](O)c1ccc([N+](=O)[O-])cc1.